The van der Waals surface area contributed by atoms with Crippen molar-refractivity contribution in [1.82, 2.24) is 14.9 Å². The Morgan fingerprint density at radius 1 is 1.16 bits per heavy atom. The van der Waals surface area contributed by atoms with Crippen LogP contribution in [0.4, 0.5) is 17.6 Å². The fourth-order valence-electron chi connectivity index (χ4n) is 3.10. The van der Waals surface area contributed by atoms with Gasteiger partial charge in [0.05, 0.1) is 6.20 Å². The van der Waals surface area contributed by atoms with Gasteiger partial charge < -0.3 is 14.6 Å². The fraction of sp³-hybridized carbons (Fsp3) is 0.273. The molecule has 31 heavy (non-hydrogen) atoms. The number of nitrogens with one attached hydrogen (secondary N) is 1. The number of nitrogens with zero attached hydrogens (tertiary/aromatic N) is 2. The quantitative estimate of drug-likeness (QED) is 0.522. The summed E-state index contributed by atoms with van der Waals surface area (Å²) in [6, 6.07) is 9.23. The molecule has 0 spiro atoms. The van der Waals surface area contributed by atoms with Crippen molar-refractivity contribution in [2.24, 2.45) is 0 Å². The van der Waals surface area contributed by atoms with Crippen LogP contribution in [0, 0.1) is 12.7 Å². The van der Waals surface area contributed by atoms with Gasteiger partial charge in [-0.05, 0) is 56.2 Å². The maximum absolute atomic E-state index is 14.4. The lowest BCUT2D eigenvalue weighted by Gasteiger charge is -2.26. The van der Waals surface area contributed by atoms with Crippen molar-refractivity contribution in [2.45, 2.75) is 39.7 Å². The van der Waals surface area contributed by atoms with Crippen LogP contribution in [-0.2, 0) is 6.54 Å². The second kappa shape index (κ2) is 8.79. The third kappa shape index (κ3) is 5.62. The summed E-state index contributed by atoms with van der Waals surface area (Å²) < 4.78 is 55.3. The largest absolute Gasteiger partial charge is 0.573 e. The minimum atomic E-state index is -4.80. The number of imidazole rings is 1. The molecule has 5 nitrogen and oxygen atoms in total. The number of aromatic amines is 1. The van der Waals surface area contributed by atoms with Crippen LogP contribution in [0.2, 0.25) is 0 Å². The number of amides is 1. The van der Waals surface area contributed by atoms with E-state index in [1.807, 2.05) is 13.8 Å². The predicted molar refractivity (Wildman–Crippen MR) is 107 cm³/mol. The highest BCUT2D eigenvalue weighted by Crippen LogP contribution is 2.29. The number of alkyl halides is 3. The van der Waals surface area contributed by atoms with Crippen LogP contribution < -0.4 is 4.74 Å². The first-order valence-electron chi connectivity index (χ1n) is 9.50. The standard InChI is InChI=1S/C22H21F4N3O2/c1-13(2)29(21(30)20-11-27-14(3)28-20)12-15-4-9-19(23)18(10-15)16-5-7-17(8-6-16)31-22(24,25)26/h4-11,13H,12H2,1-3H3,(H,27,28). The average molecular weight is 435 g/mol. The van der Waals surface area contributed by atoms with E-state index in [2.05, 4.69) is 14.7 Å². The van der Waals surface area contributed by atoms with Crippen molar-refractivity contribution in [3.63, 3.8) is 0 Å². The third-order valence-corrected chi connectivity index (χ3v) is 4.60. The highest BCUT2D eigenvalue weighted by Gasteiger charge is 2.31. The van der Waals surface area contributed by atoms with Gasteiger partial charge >= 0.3 is 6.36 Å². The molecule has 0 radical (unpaired) electrons. The van der Waals surface area contributed by atoms with E-state index in [1.54, 1.807) is 24.0 Å². The third-order valence-electron chi connectivity index (χ3n) is 4.60. The lowest BCUT2D eigenvalue weighted by atomic mass is 10.0. The molecule has 0 fully saturated rings. The van der Waals surface area contributed by atoms with E-state index in [-0.39, 0.29) is 29.8 Å². The first kappa shape index (κ1) is 22.3. The molecule has 164 valence electrons. The normalized spacial score (nSPS) is 11.6. The minimum absolute atomic E-state index is 0.136. The molecule has 0 saturated heterocycles. The summed E-state index contributed by atoms with van der Waals surface area (Å²) >= 11 is 0. The highest BCUT2D eigenvalue weighted by molar-refractivity contribution is 5.92. The van der Waals surface area contributed by atoms with E-state index in [0.29, 0.717) is 22.6 Å². The molecular formula is C22H21F4N3O2. The molecule has 3 aromatic rings. The van der Waals surface area contributed by atoms with E-state index in [4.69, 9.17) is 0 Å². The molecule has 9 heteroatoms. The number of benzene rings is 2. The summed E-state index contributed by atoms with van der Waals surface area (Å²) in [4.78, 5) is 21.4. The van der Waals surface area contributed by atoms with Crippen LogP contribution in [0.1, 0.15) is 35.7 Å². The van der Waals surface area contributed by atoms with Crippen LogP contribution in [0.25, 0.3) is 11.1 Å². The second-order valence-electron chi connectivity index (χ2n) is 7.30. The molecule has 0 bridgehead atoms. The first-order chi connectivity index (χ1) is 14.5. The summed E-state index contributed by atoms with van der Waals surface area (Å²) in [5, 5.41) is 0. The number of carbonyl (C=O) groups excluding carboxylic acids is 1. The first-order valence-corrected chi connectivity index (χ1v) is 9.50. The lowest BCUT2D eigenvalue weighted by molar-refractivity contribution is -0.274. The number of aromatic nitrogens is 2. The van der Waals surface area contributed by atoms with E-state index in [0.717, 1.165) is 12.1 Å². The van der Waals surface area contributed by atoms with Gasteiger partial charge in [-0.2, -0.15) is 0 Å². The van der Waals surface area contributed by atoms with Crippen molar-refractivity contribution < 1.29 is 27.1 Å². The Morgan fingerprint density at radius 3 is 2.39 bits per heavy atom. The molecule has 1 aromatic heterocycles. The van der Waals surface area contributed by atoms with Crippen LogP contribution in [0.3, 0.4) is 0 Å². The summed E-state index contributed by atoms with van der Waals surface area (Å²) in [7, 11) is 0. The maximum atomic E-state index is 14.4. The highest BCUT2D eigenvalue weighted by atomic mass is 19.4. The van der Waals surface area contributed by atoms with Crippen molar-refractivity contribution in [3.8, 4) is 16.9 Å². The Kier molecular flexibility index (Phi) is 6.33. The number of halogens is 4. The van der Waals surface area contributed by atoms with Crippen molar-refractivity contribution in [1.29, 1.82) is 0 Å². The Balaban J connectivity index is 1.85. The van der Waals surface area contributed by atoms with Crippen LogP contribution >= 0.6 is 0 Å². The molecular weight excluding hydrogens is 414 g/mol. The molecule has 0 saturated carbocycles. The van der Waals surface area contributed by atoms with Crippen LogP contribution in [0.5, 0.6) is 5.75 Å². The Morgan fingerprint density at radius 2 is 1.84 bits per heavy atom. The molecule has 3 rings (SSSR count). The lowest BCUT2D eigenvalue weighted by Crippen LogP contribution is -2.36. The van der Waals surface area contributed by atoms with E-state index in [9.17, 15) is 22.4 Å². The predicted octanol–water partition coefficient (Wildman–Crippen LogP) is 5.47. The van der Waals surface area contributed by atoms with E-state index in [1.165, 1.54) is 24.4 Å². The molecule has 2 aromatic carbocycles. The number of hydrogen-bond donors (Lipinski definition) is 1. The summed E-state index contributed by atoms with van der Waals surface area (Å²) in [5.74, 6) is -0.539. The number of ether oxygens (including phenoxy) is 1. The Labute approximate surface area is 176 Å². The second-order valence-corrected chi connectivity index (χ2v) is 7.30. The SMILES string of the molecule is Cc1ncc(C(=O)N(Cc2ccc(F)c(-c3ccc(OC(F)(F)F)cc3)c2)C(C)C)[nH]1. The van der Waals surface area contributed by atoms with Gasteiger partial charge in [0.1, 0.15) is 23.1 Å². The van der Waals surface area contributed by atoms with Crippen molar-refractivity contribution in [3.05, 3.63) is 71.6 Å². The Hall–Kier alpha value is -3.36. The number of hydrogen-bond acceptors (Lipinski definition) is 3. The molecule has 0 unspecified atom stereocenters. The zero-order valence-corrected chi connectivity index (χ0v) is 17.1. The van der Waals surface area contributed by atoms with Gasteiger partial charge in [-0.25, -0.2) is 9.37 Å². The van der Waals surface area contributed by atoms with Gasteiger partial charge in [0.15, 0.2) is 0 Å². The molecule has 1 heterocycles. The summed E-state index contributed by atoms with van der Waals surface area (Å²) in [5.41, 5.74) is 1.63. The van der Waals surface area contributed by atoms with E-state index < -0.39 is 12.2 Å². The molecule has 0 aliphatic carbocycles. The number of H-pyrrole nitrogens is 1. The van der Waals surface area contributed by atoms with Gasteiger partial charge in [0, 0.05) is 18.2 Å². The van der Waals surface area contributed by atoms with Crippen molar-refractivity contribution >= 4 is 5.91 Å². The summed E-state index contributed by atoms with van der Waals surface area (Å²) in [6.07, 6.45) is -3.33. The van der Waals surface area contributed by atoms with Gasteiger partial charge in [0.25, 0.3) is 5.91 Å². The summed E-state index contributed by atoms with van der Waals surface area (Å²) in [6.45, 7) is 5.70. The van der Waals surface area contributed by atoms with Crippen LogP contribution in [-0.4, -0.2) is 33.2 Å². The number of aryl methyl sites for hydroxylation is 1. The monoisotopic (exact) mass is 435 g/mol. The zero-order valence-electron chi connectivity index (χ0n) is 17.1. The van der Waals surface area contributed by atoms with Gasteiger partial charge in [-0.1, -0.05) is 18.2 Å². The topological polar surface area (TPSA) is 58.2 Å². The molecule has 0 aliphatic heterocycles. The smallest absolute Gasteiger partial charge is 0.406 e. The molecule has 0 aliphatic rings. The van der Waals surface area contributed by atoms with Crippen molar-refractivity contribution in [2.75, 3.05) is 0 Å². The Bertz CT molecular complexity index is 1060. The van der Waals surface area contributed by atoms with E-state index >= 15 is 0 Å². The van der Waals surface area contributed by atoms with Gasteiger partial charge in [-0.15, -0.1) is 13.2 Å². The number of carbonyl (C=O) groups is 1. The molecule has 0 atom stereocenters. The molecule has 1 amide bonds. The average Bonchev–Trinajstić information content (AvgIpc) is 3.12. The maximum Gasteiger partial charge on any atom is 0.573 e. The number of rotatable bonds is 6. The fourth-order valence-corrected chi connectivity index (χ4v) is 3.10. The van der Waals surface area contributed by atoms with Gasteiger partial charge in [0.2, 0.25) is 0 Å². The molecule has 1 N–H and O–H groups in total. The van der Waals surface area contributed by atoms with Crippen LogP contribution in [0.15, 0.2) is 48.7 Å². The minimum Gasteiger partial charge on any atom is -0.406 e. The zero-order chi connectivity index (χ0) is 22.8. The van der Waals surface area contributed by atoms with Gasteiger partial charge in [-0.3, -0.25) is 4.79 Å².